The first-order valence-electron chi connectivity index (χ1n) is 5.43. The van der Waals surface area contributed by atoms with Crippen molar-refractivity contribution >= 4 is 11.8 Å². The van der Waals surface area contributed by atoms with Gasteiger partial charge in [-0.15, -0.1) is 11.7 Å². The molecule has 0 amide bonds. The Balaban J connectivity index is 2.05. The van der Waals surface area contributed by atoms with Crippen molar-refractivity contribution in [2.45, 2.75) is 43.3 Å². The second-order valence-electron chi connectivity index (χ2n) is 3.80. The van der Waals surface area contributed by atoms with Gasteiger partial charge >= 0.3 is 0 Å². The molecule has 0 saturated heterocycles. The van der Waals surface area contributed by atoms with Crippen molar-refractivity contribution in [1.82, 2.24) is 20.2 Å². The lowest BCUT2D eigenvalue weighted by atomic mass is 9.96. The highest BCUT2D eigenvalue weighted by atomic mass is 32.2. The predicted octanol–water partition coefficient (Wildman–Crippen LogP) is 2.46. The quantitative estimate of drug-likeness (QED) is 0.582. The highest BCUT2D eigenvalue weighted by Gasteiger charge is 2.19. The van der Waals surface area contributed by atoms with E-state index in [0.717, 1.165) is 10.9 Å². The van der Waals surface area contributed by atoms with E-state index < -0.39 is 0 Å². The molecule has 2 rings (SSSR count). The fourth-order valence-electron chi connectivity index (χ4n) is 1.97. The van der Waals surface area contributed by atoms with Gasteiger partial charge in [-0.3, -0.25) is 0 Å². The van der Waals surface area contributed by atoms with Crippen LogP contribution in [0.2, 0.25) is 0 Å². The molecule has 0 unspecified atom stereocenters. The van der Waals surface area contributed by atoms with Crippen molar-refractivity contribution in [1.29, 1.82) is 0 Å². The maximum atomic E-state index is 4.09. The van der Waals surface area contributed by atoms with Crippen molar-refractivity contribution in [3.05, 3.63) is 12.7 Å². The molecule has 0 aromatic carbocycles. The molecular weight excluding hydrogens is 208 g/mol. The Morgan fingerprint density at radius 1 is 1.40 bits per heavy atom. The Morgan fingerprint density at radius 2 is 2.20 bits per heavy atom. The Bertz CT molecular complexity index is 317. The SMILES string of the molecule is C=CCSc1nnnn1C1CCCCC1. The van der Waals surface area contributed by atoms with E-state index in [1.54, 1.807) is 11.8 Å². The molecule has 1 aliphatic carbocycles. The van der Waals surface area contributed by atoms with E-state index in [1.165, 1.54) is 32.1 Å². The predicted molar refractivity (Wildman–Crippen MR) is 60.9 cm³/mol. The molecular formula is C10H16N4S. The summed E-state index contributed by atoms with van der Waals surface area (Å²) in [6.45, 7) is 3.70. The summed E-state index contributed by atoms with van der Waals surface area (Å²) in [7, 11) is 0. The third kappa shape index (κ3) is 2.59. The molecule has 1 fully saturated rings. The third-order valence-electron chi connectivity index (χ3n) is 2.71. The molecule has 0 radical (unpaired) electrons. The van der Waals surface area contributed by atoms with Crippen LogP contribution in [0.1, 0.15) is 38.1 Å². The summed E-state index contributed by atoms with van der Waals surface area (Å²) in [5, 5.41) is 12.8. The summed E-state index contributed by atoms with van der Waals surface area (Å²) >= 11 is 1.66. The molecule has 0 bridgehead atoms. The van der Waals surface area contributed by atoms with Crippen molar-refractivity contribution in [2.75, 3.05) is 5.75 Å². The zero-order valence-corrected chi connectivity index (χ0v) is 9.62. The first-order valence-corrected chi connectivity index (χ1v) is 6.42. The van der Waals surface area contributed by atoms with Gasteiger partial charge in [-0.1, -0.05) is 37.1 Å². The van der Waals surface area contributed by atoms with Crippen molar-refractivity contribution in [3.8, 4) is 0 Å². The minimum atomic E-state index is 0.515. The fraction of sp³-hybridized carbons (Fsp3) is 0.700. The molecule has 1 heterocycles. The largest absolute Gasteiger partial charge is 0.217 e. The molecule has 5 heteroatoms. The van der Waals surface area contributed by atoms with Gasteiger partial charge in [0.15, 0.2) is 0 Å². The lowest BCUT2D eigenvalue weighted by molar-refractivity contribution is 0.307. The Morgan fingerprint density at radius 3 is 2.93 bits per heavy atom. The van der Waals surface area contributed by atoms with Gasteiger partial charge in [-0.05, 0) is 23.3 Å². The highest BCUT2D eigenvalue weighted by molar-refractivity contribution is 7.99. The molecule has 0 aliphatic heterocycles. The van der Waals surface area contributed by atoms with Gasteiger partial charge < -0.3 is 0 Å². The van der Waals surface area contributed by atoms with Crippen molar-refractivity contribution in [2.24, 2.45) is 0 Å². The molecule has 82 valence electrons. The summed E-state index contributed by atoms with van der Waals surface area (Å²) in [6.07, 6.45) is 8.27. The standard InChI is InChI=1S/C10H16N4S/c1-2-8-15-10-11-12-13-14(10)9-6-4-3-5-7-9/h2,9H,1,3-8H2. The molecule has 1 saturated carbocycles. The van der Waals surface area contributed by atoms with Crippen molar-refractivity contribution in [3.63, 3.8) is 0 Å². The van der Waals surface area contributed by atoms with Crippen LogP contribution in [0, 0.1) is 0 Å². The average molecular weight is 224 g/mol. The number of hydrogen-bond acceptors (Lipinski definition) is 4. The first-order chi connectivity index (χ1) is 7.42. The van der Waals surface area contributed by atoms with E-state index in [9.17, 15) is 0 Å². The molecule has 15 heavy (non-hydrogen) atoms. The number of hydrogen-bond donors (Lipinski definition) is 0. The van der Waals surface area contributed by atoms with Crippen LogP contribution < -0.4 is 0 Å². The van der Waals surface area contributed by atoms with Crippen LogP contribution in [-0.4, -0.2) is 26.0 Å². The highest BCUT2D eigenvalue weighted by Crippen LogP contribution is 2.29. The van der Waals surface area contributed by atoms with Gasteiger partial charge in [0.25, 0.3) is 0 Å². The molecule has 1 aliphatic rings. The van der Waals surface area contributed by atoms with Gasteiger partial charge in [0, 0.05) is 5.75 Å². The molecule has 4 nitrogen and oxygen atoms in total. The van der Waals surface area contributed by atoms with E-state index in [0.29, 0.717) is 6.04 Å². The second kappa shape index (κ2) is 5.30. The number of nitrogens with zero attached hydrogens (tertiary/aromatic N) is 4. The van der Waals surface area contributed by atoms with E-state index >= 15 is 0 Å². The van der Waals surface area contributed by atoms with Crippen molar-refractivity contribution < 1.29 is 0 Å². The maximum absolute atomic E-state index is 4.09. The van der Waals surface area contributed by atoms with Gasteiger partial charge in [0.2, 0.25) is 5.16 Å². The molecule has 0 atom stereocenters. The fourth-order valence-corrected chi connectivity index (χ4v) is 2.65. The van der Waals surface area contributed by atoms with E-state index in [2.05, 4.69) is 22.1 Å². The first kappa shape index (κ1) is 10.7. The maximum Gasteiger partial charge on any atom is 0.209 e. The van der Waals surface area contributed by atoms with Crippen LogP contribution in [0.5, 0.6) is 0 Å². The summed E-state index contributed by atoms with van der Waals surface area (Å²) in [5.41, 5.74) is 0. The average Bonchev–Trinajstić information content (AvgIpc) is 2.75. The summed E-state index contributed by atoms with van der Waals surface area (Å²) < 4.78 is 1.99. The van der Waals surface area contributed by atoms with Crippen LogP contribution >= 0.6 is 11.8 Å². The van der Waals surface area contributed by atoms with Gasteiger partial charge in [0.1, 0.15) is 0 Å². The van der Waals surface area contributed by atoms with Crippen LogP contribution in [-0.2, 0) is 0 Å². The molecule has 1 aromatic rings. The zero-order chi connectivity index (χ0) is 10.5. The number of rotatable bonds is 4. The van der Waals surface area contributed by atoms with Crippen LogP contribution in [0.15, 0.2) is 17.8 Å². The normalized spacial score (nSPS) is 17.9. The minimum Gasteiger partial charge on any atom is -0.217 e. The second-order valence-corrected chi connectivity index (χ2v) is 4.78. The lowest BCUT2D eigenvalue weighted by Crippen LogP contribution is -2.15. The number of aromatic nitrogens is 4. The number of thioether (sulfide) groups is 1. The lowest BCUT2D eigenvalue weighted by Gasteiger charge is -2.21. The van der Waals surface area contributed by atoms with Crippen LogP contribution in [0.4, 0.5) is 0 Å². The Kier molecular flexibility index (Phi) is 3.77. The molecule has 0 N–H and O–H groups in total. The van der Waals surface area contributed by atoms with Gasteiger partial charge in [-0.2, -0.15) is 0 Å². The smallest absolute Gasteiger partial charge is 0.209 e. The van der Waals surface area contributed by atoms with E-state index in [1.807, 2.05) is 10.8 Å². The summed E-state index contributed by atoms with van der Waals surface area (Å²) in [4.78, 5) is 0. The third-order valence-corrected chi connectivity index (χ3v) is 3.64. The molecule has 1 aromatic heterocycles. The summed E-state index contributed by atoms with van der Waals surface area (Å²) in [6, 6.07) is 0.515. The Labute approximate surface area is 94.1 Å². The van der Waals surface area contributed by atoms with Gasteiger partial charge in [0.05, 0.1) is 6.04 Å². The summed E-state index contributed by atoms with van der Waals surface area (Å²) in [5.74, 6) is 0.868. The van der Waals surface area contributed by atoms with E-state index in [4.69, 9.17) is 0 Å². The van der Waals surface area contributed by atoms with Gasteiger partial charge in [-0.25, -0.2) is 4.68 Å². The molecule has 0 spiro atoms. The van der Waals surface area contributed by atoms with Crippen LogP contribution in [0.3, 0.4) is 0 Å². The monoisotopic (exact) mass is 224 g/mol. The topological polar surface area (TPSA) is 43.6 Å². The van der Waals surface area contributed by atoms with Crippen LogP contribution in [0.25, 0.3) is 0 Å². The minimum absolute atomic E-state index is 0.515. The Hall–Kier alpha value is -0.840. The van der Waals surface area contributed by atoms with E-state index in [-0.39, 0.29) is 0 Å². The number of tetrazole rings is 1. The zero-order valence-electron chi connectivity index (χ0n) is 8.80.